The van der Waals surface area contributed by atoms with Crippen molar-refractivity contribution in [2.75, 3.05) is 0 Å². The Hall–Kier alpha value is 0. The summed E-state index contributed by atoms with van der Waals surface area (Å²) in [6.07, 6.45) is 19.3. The van der Waals surface area contributed by atoms with Gasteiger partial charge in [-0.2, -0.15) is 0 Å². The van der Waals surface area contributed by atoms with Crippen LogP contribution in [0.1, 0.15) is 97.3 Å². The van der Waals surface area contributed by atoms with E-state index in [1.54, 1.807) is 19.3 Å². The van der Waals surface area contributed by atoms with Gasteiger partial charge in [-0.15, -0.1) is 0 Å². The summed E-state index contributed by atoms with van der Waals surface area (Å²) in [7, 11) is 0. The second kappa shape index (κ2) is 9.97. The highest BCUT2D eigenvalue weighted by atomic mass is 14.4. The van der Waals surface area contributed by atoms with E-state index in [-0.39, 0.29) is 0 Å². The molecule has 0 aromatic heterocycles. The lowest BCUT2D eigenvalue weighted by molar-refractivity contribution is 0.521. The highest BCUT2D eigenvalue weighted by Crippen LogP contribution is 2.45. The maximum absolute atomic E-state index is 2.30. The van der Waals surface area contributed by atoms with Crippen LogP contribution in [0.2, 0.25) is 0 Å². The number of hydrogen-bond donors (Lipinski definition) is 0. The molecule has 0 heterocycles. The Morgan fingerprint density at radius 3 is 1.53 bits per heavy atom. The van der Waals surface area contributed by atoms with Gasteiger partial charge in [0.25, 0.3) is 0 Å². The Bertz CT molecular complexity index is 161. The Morgan fingerprint density at radius 1 is 0.588 bits per heavy atom. The van der Waals surface area contributed by atoms with Crippen molar-refractivity contribution < 1.29 is 0 Å². The van der Waals surface area contributed by atoms with Gasteiger partial charge in [-0.25, -0.2) is 0 Å². The van der Waals surface area contributed by atoms with E-state index in [0.717, 1.165) is 11.8 Å². The highest BCUT2D eigenvalue weighted by Gasteiger charge is 2.34. The van der Waals surface area contributed by atoms with Crippen molar-refractivity contribution in [2.45, 2.75) is 97.3 Å². The molecule has 1 rings (SSSR count). The van der Waals surface area contributed by atoms with Crippen molar-refractivity contribution in [2.24, 2.45) is 11.8 Å². The van der Waals surface area contributed by atoms with Crippen LogP contribution in [0, 0.1) is 11.8 Å². The van der Waals surface area contributed by atoms with Crippen LogP contribution in [0.25, 0.3) is 0 Å². The van der Waals surface area contributed by atoms with E-state index in [0.29, 0.717) is 0 Å². The van der Waals surface area contributed by atoms with Gasteiger partial charge >= 0.3 is 0 Å². The predicted molar refractivity (Wildman–Crippen MR) is 78.3 cm³/mol. The zero-order valence-electron chi connectivity index (χ0n) is 12.3. The van der Waals surface area contributed by atoms with Crippen LogP contribution in [0.3, 0.4) is 0 Å². The molecule has 0 aliphatic heterocycles. The van der Waals surface area contributed by atoms with Gasteiger partial charge in [-0.3, -0.25) is 0 Å². The van der Waals surface area contributed by atoms with Gasteiger partial charge in [0.15, 0.2) is 0 Å². The van der Waals surface area contributed by atoms with Crippen molar-refractivity contribution in [3.63, 3.8) is 0 Å². The van der Waals surface area contributed by atoms with E-state index >= 15 is 0 Å². The van der Waals surface area contributed by atoms with Gasteiger partial charge in [0, 0.05) is 0 Å². The molecule has 0 saturated heterocycles. The third kappa shape index (κ3) is 7.84. The lowest BCUT2D eigenvalue weighted by Crippen LogP contribution is -1.86. The largest absolute Gasteiger partial charge is 0.0654 e. The van der Waals surface area contributed by atoms with Crippen LogP contribution < -0.4 is 0 Å². The second-order valence-electron chi connectivity index (χ2n) is 6.16. The van der Waals surface area contributed by atoms with Crippen LogP contribution in [0.5, 0.6) is 0 Å². The fraction of sp³-hybridized carbons (Fsp3) is 1.00. The minimum absolute atomic E-state index is 1.14. The van der Waals surface area contributed by atoms with Crippen LogP contribution in [-0.2, 0) is 0 Å². The SMILES string of the molecule is CCCCCCCCC1CC1CCCCCC. The minimum atomic E-state index is 1.14. The van der Waals surface area contributed by atoms with Gasteiger partial charge in [0.2, 0.25) is 0 Å². The van der Waals surface area contributed by atoms with Crippen molar-refractivity contribution in [1.29, 1.82) is 0 Å². The van der Waals surface area contributed by atoms with Gasteiger partial charge in [-0.05, 0) is 18.3 Å². The highest BCUT2D eigenvalue weighted by molar-refractivity contribution is 4.85. The first-order chi connectivity index (χ1) is 8.38. The molecule has 1 aliphatic carbocycles. The second-order valence-corrected chi connectivity index (χ2v) is 6.16. The monoisotopic (exact) mass is 238 g/mol. The maximum Gasteiger partial charge on any atom is -0.0383 e. The first kappa shape index (κ1) is 15.1. The Kier molecular flexibility index (Phi) is 8.83. The van der Waals surface area contributed by atoms with Crippen LogP contribution >= 0.6 is 0 Å². The quantitative estimate of drug-likeness (QED) is 0.348. The van der Waals surface area contributed by atoms with E-state index in [1.807, 2.05) is 0 Å². The number of hydrogen-bond acceptors (Lipinski definition) is 0. The van der Waals surface area contributed by atoms with Crippen molar-refractivity contribution in [3.05, 3.63) is 0 Å². The zero-order chi connectivity index (χ0) is 12.3. The summed E-state index contributed by atoms with van der Waals surface area (Å²) in [4.78, 5) is 0. The summed E-state index contributed by atoms with van der Waals surface area (Å²) in [6.45, 7) is 4.60. The average Bonchev–Trinajstić information content (AvgIpc) is 3.08. The summed E-state index contributed by atoms with van der Waals surface area (Å²) in [5, 5.41) is 0. The fourth-order valence-corrected chi connectivity index (χ4v) is 3.04. The molecule has 1 fully saturated rings. The topological polar surface area (TPSA) is 0 Å². The molecule has 0 radical (unpaired) electrons. The molecule has 0 bridgehead atoms. The third-order valence-corrected chi connectivity index (χ3v) is 4.43. The first-order valence-corrected chi connectivity index (χ1v) is 8.38. The van der Waals surface area contributed by atoms with Crippen LogP contribution in [0.15, 0.2) is 0 Å². The lowest BCUT2D eigenvalue weighted by Gasteiger charge is -2.01. The summed E-state index contributed by atoms with van der Waals surface area (Å²) < 4.78 is 0. The Labute approximate surface area is 110 Å². The molecule has 0 aromatic rings. The van der Waals surface area contributed by atoms with Crippen LogP contribution in [0.4, 0.5) is 0 Å². The summed E-state index contributed by atoms with van der Waals surface area (Å²) >= 11 is 0. The average molecular weight is 238 g/mol. The molecular formula is C17H34. The molecule has 1 saturated carbocycles. The number of unbranched alkanes of at least 4 members (excludes halogenated alkanes) is 8. The smallest absolute Gasteiger partial charge is 0.0383 e. The molecular weight excluding hydrogens is 204 g/mol. The molecule has 0 nitrogen and oxygen atoms in total. The number of rotatable bonds is 12. The molecule has 1 aliphatic rings. The predicted octanol–water partition coefficient (Wildman–Crippen LogP) is 6.34. The Morgan fingerprint density at radius 2 is 1.00 bits per heavy atom. The first-order valence-electron chi connectivity index (χ1n) is 8.38. The van der Waals surface area contributed by atoms with Crippen LogP contribution in [-0.4, -0.2) is 0 Å². The molecule has 102 valence electrons. The van der Waals surface area contributed by atoms with E-state index in [1.165, 1.54) is 64.2 Å². The fourth-order valence-electron chi connectivity index (χ4n) is 3.04. The standard InChI is InChI=1S/C17H34/c1-3-5-7-9-10-12-14-17-15-16(17)13-11-8-6-4-2/h16-17H,3-15H2,1-2H3. The van der Waals surface area contributed by atoms with E-state index in [9.17, 15) is 0 Å². The summed E-state index contributed by atoms with van der Waals surface area (Å²) in [6, 6.07) is 0. The lowest BCUT2D eigenvalue weighted by atomic mass is 10.0. The normalized spacial score (nSPS) is 22.9. The summed E-state index contributed by atoms with van der Waals surface area (Å²) in [5.74, 6) is 2.28. The third-order valence-electron chi connectivity index (χ3n) is 4.43. The summed E-state index contributed by atoms with van der Waals surface area (Å²) in [5.41, 5.74) is 0. The van der Waals surface area contributed by atoms with Gasteiger partial charge in [0.05, 0.1) is 0 Å². The molecule has 2 unspecified atom stereocenters. The molecule has 0 amide bonds. The van der Waals surface area contributed by atoms with E-state index < -0.39 is 0 Å². The van der Waals surface area contributed by atoms with E-state index in [4.69, 9.17) is 0 Å². The molecule has 2 atom stereocenters. The van der Waals surface area contributed by atoms with Gasteiger partial charge < -0.3 is 0 Å². The van der Waals surface area contributed by atoms with Gasteiger partial charge in [0.1, 0.15) is 0 Å². The van der Waals surface area contributed by atoms with Crippen molar-refractivity contribution in [1.82, 2.24) is 0 Å². The maximum atomic E-state index is 2.30. The molecule has 0 aromatic carbocycles. The van der Waals surface area contributed by atoms with Crippen molar-refractivity contribution >= 4 is 0 Å². The van der Waals surface area contributed by atoms with E-state index in [2.05, 4.69) is 13.8 Å². The molecule has 0 N–H and O–H groups in total. The van der Waals surface area contributed by atoms with Gasteiger partial charge in [-0.1, -0.05) is 90.9 Å². The molecule has 0 heteroatoms. The molecule has 0 spiro atoms. The minimum Gasteiger partial charge on any atom is -0.0654 e. The zero-order valence-corrected chi connectivity index (χ0v) is 12.3. The van der Waals surface area contributed by atoms with Crippen molar-refractivity contribution in [3.8, 4) is 0 Å². The molecule has 17 heavy (non-hydrogen) atoms. The Balaban J connectivity index is 1.78.